The van der Waals surface area contributed by atoms with Crippen molar-refractivity contribution in [1.29, 1.82) is 0 Å². The Hall–Kier alpha value is -1.30. The smallest absolute Gasteiger partial charge is 0.122 e. The van der Waals surface area contributed by atoms with Gasteiger partial charge < -0.3 is 9.47 Å². The maximum atomic E-state index is 5.29. The minimum atomic E-state index is 0.608. The molecule has 0 bridgehead atoms. The largest absolute Gasteiger partial charge is 0.497 e. The van der Waals surface area contributed by atoms with Gasteiger partial charge in [-0.3, -0.25) is 9.68 Å². The fourth-order valence-corrected chi connectivity index (χ4v) is 1.55. The molecule has 5 nitrogen and oxygen atoms in total. The molecule has 0 unspecified atom stereocenters. The van der Waals surface area contributed by atoms with Crippen molar-refractivity contribution in [1.82, 2.24) is 5.23 Å². The molecule has 0 atom stereocenters. The molecule has 0 saturated heterocycles. The van der Waals surface area contributed by atoms with Crippen LogP contribution in [0.5, 0.6) is 11.5 Å². The summed E-state index contributed by atoms with van der Waals surface area (Å²) in [6.07, 6.45) is 0.738. The Morgan fingerprint density at radius 2 is 1.71 bits per heavy atom. The molecule has 1 rings (SSSR count). The molecule has 0 radical (unpaired) electrons. The Balaban J connectivity index is 2.73. The minimum absolute atomic E-state index is 0.608. The quantitative estimate of drug-likeness (QED) is 0.679. The lowest BCUT2D eigenvalue weighted by atomic mass is 10.1. The van der Waals surface area contributed by atoms with E-state index in [0.29, 0.717) is 6.54 Å². The van der Waals surface area contributed by atoms with Crippen LogP contribution in [0.15, 0.2) is 18.2 Å². The van der Waals surface area contributed by atoms with Gasteiger partial charge in [-0.1, -0.05) is 5.23 Å². The zero-order valence-electron chi connectivity index (χ0n) is 10.7. The summed E-state index contributed by atoms with van der Waals surface area (Å²) in [6.45, 7) is 0.608. The van der Waals surface area contributed by atoms with Gasteiger partial charge in [0.15, 0.2) is 0 Å². The zero-order chi connectivity index (χ0) is 12.7. The van der Waals surface area contributed by atoms with Crippen LogP contribution in [-0.4, -0.2) is 40.2 Å². The molecule has 0 spiro atoms. The lowest BCUT2D eigenvalue weighted by molar-refractivity contribution is -0.341. The highest BCUT2D eigenvalue weighted by molar-refractivity contribution is 5.40. The molecule has 0 amide bonds. The first-order valence-electron chi connectivity index (χ1n) is 5.31. The number of hydroxylamine groups is 2. The number of methoxy groups -OCH3 is 2. The molecule has 0 heterocycles. The van der Waals surface area contributed by atoms with E-state index in [2.05, 4.69) is 0 Å². The molecule has 0 aromatic heterocycles. The van der Waals surface area contributed by atoms with Gasteiger partial charge in [-0.25, -0.2) is 0 Å². The van der Waals surface area contributed by atoms with Gasteiger partial charge in [0.1, 0.15) is 11.5 Å². The summed E-state index contributed by atoms with van der Waals surface area (Å²) in [5.41, 5.74) is 1.05. The highest BCUT2D eigenvalue weighted by Gasteiger charge is 2.08. The molecule has 0 N–H and O–H groups in total. The van der Waals surface area contributed by atoms with Gasteiger partial charge >= 0.3 is 0 Å². The van der Waals surface area contributed by atoms with Gasteiger partial charge in [0, 0.05) is 0 Å². The van der Waals surface area contributed by atoms with Gasteiger partial charge in [-0.15, -0.1) is 0 Å². The van der Waals surface area contributed by atoms with Crippen molar-refractivity contribution in [3.63, 3.8) is 0 Å². The Kier molecular flexibility index (Phi) is 5.76. The van der Waals surface area contributed by atoms with Crippen LogP contribution < -0.4 is 9.47 Å². The molecule has 0 fully saturated rings. The molecular weight excluding hydrogens is 222 g/mol. The number of ether oxygens (including phenoxy) is 2. The summed E-state index contributed by atoms with van der Waals surface area (Å²) in [7, 11) is 6.41. The normalized spacial score (nSPS) is 10.6. The standard InChI is InChI=1S/C12H19NO4/c1-14-11-5-6-12(15-2)10(9-11)7-8-13(16-3)17-4/h5-6,9H,7-8H2,1-4H3. The van der Waals surface area contributed by atoms with Crippen molar-refractivity contribution in [3.05, 3.63) is 23.8 Å². The summed E-state index contributed by atoms with van der Waals surface area (Å²) in [4.78, 5) is 9.98. The highest BCUT2D eigenvalue weighted by atomic mass is 16.9. The Bertz CT molecular complexity index is 339. The maximum Gasteiger partial charge on any atom is 0.122 e. The third-order valence-electron chi connectivity index (χ3n) is 2.46. The molecule has 0 saturated carbocycles. The lowest BCUT2D eigenvalue weighted by Gasteiger charge is -2.17. The number of rotatable bonds is 7. The van der Waals surface area contributed by atoms with E-state index >= 15 is 0 Å². The average Bonchev–Trinajstić information content (AvgIpc) is 2.39. The predicted octanol–water partition coefficient (Wildman–Crippen LogP) is 1.67. The molecule has 0 aliphatic carbocycles. The maximum absolute atomic E-state index is 5.29. The minimum Gasteiger partial charge on any atom is -0.497 e. The second kappa shape index (κ2) is 7.11. The second-order valence-corrected chi connectivity index (χ2v) is 3.35. The molecule has 5 heteroatoms. The van der Waals surface area contributed by atoms with Crippen molar-refractivity contribution in [3.8, 4) is 11.5 Å². The van der Waals surface area contributed by atoms with E-state index in [9.17, 15) is 0 Å². The van der Waals surface area contributed by atoms with E-state index < -0.39 is 0 Å². The van der Waals surface area contributed by atoms with Crippen molar-refractivity contribution >= 4 is 0 Å². The van der Waals surface area contributed by atoms with Crippen LogP contribution in [0.2, 0.25) is 0 Å². The van der Waals surface area contributed by atoms with Gasteiger partial charge in [0.25, 0.3) is 0 Å². The average molecular weight is 241 g/mol. The van der Waals surface area contributed by atoms with E-state index in [1.54, 1.807) is 28.4 Å². The van der Waals surface area contributed by atoms with Gasteiger partial charge in [0.05, 0.1) is 35.0 Å². The van der Waals surface area contributed by atoms with Crippen LogP contribution in [0.1, 0.15) is 5.56 Å². The molecular formula is C12H19NO4. The second-order valence-electron chi connectivity index (χ2n) is 3.35. The summed E-state index contributed by atoms with van der Waals surface area (Å²) in [5, 5.41) is 1.40. The molecule has 0 aliphatic rings. The summed E-state index contributed by atoms with van der Waals surface area (Å²) >= 11 is 0. The number of hydrogen-bond donors (Lipinski definition) is 0. The fraction of sp³-hybridized carbons (Fsp3) is 0.500. The Morgan fingerprint density at radius 1 is 1.00 bits per heavy atom. The van der Waals surface area contributed by atoms with Crippen molar-refractivity contribution in [2.24, 2.45) is 0 Å². The topological polar surface area (TPSA) is 40.2 Å². The monoisotopic (exact) mass is 241 g/mol. The summed E-state index contributed by atoms with van der Waals surface area (Å²) in [6, 6.07) is 5.70. The first kappa shape index (κ1) is 13.8. The molecule has 1 aromatic rings. The zero-order valence-corrected chi connectivity index (χ0v) is 10.7. The van der Waals surface area contributed by atoms with Crippen molar-refractivity contribution < 1.29 is 19.1 Å². The van der Waals surface area contributed by atoms with Crippen LogP contribution in [0.4, 0.5) is 0 Å². The van der Waals surface area contributed by atoms with Crippen molar-refractivity contribution in [2.75, 3.05) is 35.0 Å². The number of benzene rings is 1. The number of hydrogen-bond acceptors (Lipinski definition) is 5. The molecule has 0 aliphatic heterocycles. The summed E-state index contributed by atoms with van der Waals surface area (Å²) in [5.74, 6) is 1.64. The number of nitrogens with zero attached hydrogens (tertiary/aromatic N) is 1. The van der Waals surface area contributed by atoms with E-state index in [-0.39, 0.29) is 0 Å². The van der Waals surface area contributed by atoms with Crippen LogP contribution in [-0.2, 0) is 16.1 Å². The SMILES string of the molecule is COc1ccc(OC)c(CCN(OC)OC)c1. The Labute approximate surface area is 102 Å². The van der Waals surface area contributed by atoms with Crippen molar-refractivity contribution in [2.45, 2.75) is 6.42 Å². The van der Waals surface area contributed by atoms with E-state index in [1.165, 1.54) is 5.23 Å². The van der Waals surface area contributed by atoms with E-state index in [1.807, 2.05) is 18.2 Å². The Morgan fingerprint density at radius 3 is 2.24 bits per heavy atom. The van der Waals surface area contributed by atoms with Crippen LogP contribution in [0.3, 0.4) is 0 Å². The van der Waals surface area contributed by atoms with Crippen LogP contribution in [0.25, 0.3) is 0 Å². The van der Waals surface area contributed by atoms with Crippen LogP contribution >= 0.6 is 0 Å². The first-order chi connectivity index (χ1) is 8.24. The third-order valence-corrected chi connectivity index (χ3v) is 2.46. The molecule has 17 heavy (non-hydrogen) atoms. The fourth-order valence-electron chi connectivity index (χ4n) is 1.55. The van der Waals surface area contributed by atoms with Gasteiger partial charge in [0.2, 0.25) is 0 Å². The summed E-state index contributed by atoms with van der Waals surface area (Å²) < 4.78 is 10.5. The van der Waals surface area contributed by atoms with E-state index in [4.69, 9.17) is 19.1 Å². The molecule has 96 valence electrons. The van der Waals surface area contributed by atoms with Gasteiger partial charge in [-0.2, -0.15) is 0 Å². The lowest BCUT2D eigenvalue weighted by Crippen LogP contribution is -2.23. The highest BCUT2D eigenvalue weighted by Crippen LogP contribution is 2.24. The van der Waals surface area contributed by atoms with E-state index in [0.717, 1.165) is 23.5 Å². The van der Waals surface area contributed by atoms with Crippen LogP contribution in [0, 0.1) is 0 Å². The first-order valence-corrected chi connectivity index (χ1v) is 5.31. The third kappa shape index (κ3) is 3.89. The predicted molar refractivity (Wildman–Crippen MR) is 64.0 cm³/mol. The molecule has 1 aromatic carbocycles. The van der Waals surface area contributed by atoms with Gasteiger partial charge in [-0.05, 0) is 30.2 Å².